The number of rotatable bonds is 11. The number of aromatic nitrogens is 4. The van der Waals surface area contributed by atoms with Crippen LogP contribution in [0.2, 0.25) is 0 Å². The van der Waals surface area contributed by atoms with Crippen molar-refractivity contribution in [2.75, 3.05) is 0 Å². The summed E-state index contributed by atoms with van der Waals surface area (Å²) < 4.78 is 14.1. The Balaban J connectivity index is 1.07. The number of pyridine rings is 1. The maximum Gasteiger partial charge on any atom is 0.153 e. The van der Waals surface area contributed by atoms with E-state index in [4.69, 9.17) is 4.42 Å². The minimum atomic E-state index is -0.302. The molecule has 0 N–H and O–H groups in total. The fourth-order valence-electron chi connectivity index (χ4n) is 12.0. The lowest BCUT2D eigenvalue weighted by Gasteiger charge is -2.38. The van der Waals surface area contributed by atoms with Crippen LogP contribution in [0, 0.1) is 5.92 Å². The molecule has 12 aromatic rings. The molecule has 0 amide bonds. The molecule has 7 aromatic carbocycles. The molecule has 0 fully saturated rings. The molecule has 65 heavy (non-hydrogen) atoms. The van der Waals surface area contributed by atoms with Crippen molar-refractivity contribution in [2.24, 2.45) is 5.92 Å². The molecule has 0 aliphatic carbocycles. The zero-order valence-electron chi connectivity index (χ0n) is 38.0. The molecule has 5 heteroatoms. The Morgan fingerprint density at radius 2 is 1.06 bits per heavy atom. The maximum atomic E-state index is 6.35. The predicted octanol–water partition coefficient (Wildman–Crippen LogP) is 16.4. The van der Waals surface area contributed by atoms with Gasteiger partial charge in [-0.3, -0.25) is 4.98 Å². The normalized spacial score (nSPS) is 14.7. The second-order valence-corrected chi connectivity index (χ2v) is 18.8. The Hall–Kier alpha value is -7.11. The molecule has 320 valence electrons. The van der Waals surface area contributed by atoms with Crippen molar-refractivity contribution in [2.45, 2.75) is 77.8 Å². The Morgan fingerprint density at radius 1 is 0.523 bits per heavy atom. The topological polar surface area (TPSA) is 40.8 Å². The van der Waals surface area contributed by atoms with E-state index in [9.17, 15) is 0 Å². The third-order valence-corrected chi connectivity index (χ3v) is 15.2. The van der Waals surface area contributed by atoms with Gasteiger partial charge in [-0.15, -0.1) is 0 Å². The van der Waals surface area contributed by atoms with Gasteiger partial charge in [0.2, 0.25) is 0 Å². The first-order valence-electron chi connectivity index (χ1n) is 23.7. The van der Waals surface area contributed by atoms with Gasteiger partial charge >= 0.3 is 0 Å². The van der Waals surface area contributed by atoms with Crippen molar-refractivity contribution in [3.8, 4) is 5.69 Å². The minimum absolute atomic E-state index is 0.299. The van der Waals surface area contributed by atoms with E-state index in [1.807, 2.05) is 12.3 Å². The SMILES string of the molecule is CCCC(CC)(c1ccc2c(c1)c1ccccc1n2-c1ccc2c(c1)oc1cnccc12)n1c2ccccc2c2cc(C(C)(CC(C)CC)n3c4ccccc4c4ccccc43)ccc21. The Labute approximate surface area is 379 Å². The van der Waals surface area contributed by atoms with Gasteiger partial charge < -0.3 is 18.1 Å². The number of hydrogen-bond donors (Lipinski definition) is 0. The second-order valence-electron chi connectivity index (χ2n) is 18.8. The minimum Gasteiger partial charge on any atom is -0.454 e. The summed E-state index contributed by atoms with van der Waals surface area (Å²) in [6, 6.07) is 59.4. The van der Waals surface area contributed by atoms with Crippen LogP contribution in [0.5, 0.6) is 0 Å². The van der Waals surface area contributed by atoms with Crippen molar-refractivity contribution >= 4 is 87.4 Å². The molecule has 0 aliphatic rings. The molecule has 0 saturated carbocycles. The van der Waals surface area contributed by atoms with Crippen molar-refractivity contribution in [3.05, 3.63) is 181 Å². The fourth-order valence-corrected chi connectivity index (χ4v) is 12.0. The molecule has 0 saturated heterocycles. The highest BCUT2D eigenvalue weighted by Crippen LogP contribution is 2.47. The van der Waals surface area contributed by atoms with Crippen molar-refractivity contribution in [1.82, 2.24) is 18.7 Å². The van der Waals surface area contributed by atoms with Gasteiger partial charge in [-0.2, -0.15) is 0 Å². The third kappa shape index (κ3) is 5.73. The predicted molar refractivity (Wildman–Crippen MR) is 274 cm³/mol. The standard InChI is InChI=1S/C60H54N4O/c1-6-32-60(8-3,41-26-29-52-49(35-41)45-19-9-13-21-51(45)62(52)42-27-28-47-48-31-33-61-38-58(48)65-57(47)36-42)64-55-24-16-12-20-46(55)50-34-40(25-30-56(50)64)59(5,37-39(4)7-2)63-53-22-14-10-17-43(53)44-18-11-15-23-54(44)63/h9-31,33-36,38-39H,6-8,32,37H2,1-5H3. The number of nitrogens with zero attached hydrogens (tertiary/aromatic N) is 4. The summed E-state index contributed by atoms with van der Waals surface area (Å²) in [6.45, 7) is 12.0. The zero-order chi connectivity index (χ0) is 44.0. The summed E-state index contributed by atoms with van der Waals surface area (Å²) in [4.78, 5) is 4.31. The average molecular weight is 847 g/mol. The van der Waals surface area contributed by atoms with Crippen LogP contribution in [0.25, 0.3) is 93.0 Å². The molecule has 12 rings (SSSR count). The monoisotopic (exact) mass is 846 g/mol. The van der Waals surface area contributed by atoms with E-state index in [2.05, 4.69) is 205 Å². The summed E-state index contributed by atoms with van der Waals surface area (Å²) >= 11 is 0. The van der Waals surface area contributed by atoms with Crippen LogP contribution in [-0.4, -0.2) is 18.7 Å². The van der Waals surface area contributed by atoms with E-state index >= 15 is 0 Å². The van der Waals surface area contributed by atoms with Crippen molar-refractivity contribution in [1.29, 1.82) is 0 Å². The second kappa shape index (κ2) is 15.0. The largest absolute Gasteiger partial charge is 0.454 e. The molecule has 5 heterocycles. The lowest BCUT2D eigenvalue weighted by molar-refractivity contribution is 0.313. The van der Waals surface area contributed by atoms with Gasteiger partial charge in [0, 0.05) is 83.1 Å². The van der Waals surface area contributed by atoms with Crippen molar-refractivity contribution < 1.29 is 4.42 Å². The first-order valence-corrected chi connectivity index (χ1v) is 23.7. The average Bonchev–Trinajstić information content (AvgIpc) is 4.09. The number of hydrogen-bond acceptors (Lipinski definition) is 2. The highest BCUT2D eigenvalue weighted by molar-refractivity contribution is 6.12. The smallest absolute Gasteiger partial charge is 0.153 e. The summed E-state index contributed by atoms with van der Waals surface area (Å²) in [7, 11) is 0. The number of para-hydroxylation sites is 4. The molecule has 3 unspecified atom stereocenters. The van der Waals surface area contributed by atoms with Gasteiger partial charge in [0.1, 0.15) is 5.58 Å². The van der Waals surface area contributed by atoms with E-state index in [1.165, 1.54) is 76.5 Å². The van der Waals surface area contributed by atoms with E-state index in [1.54, 1.807) is 6.20 Å². The molecule has 5 nitrogen and oxygen atoms in total. The van der Waals surface area contributed by atoms with Crippen LogP contribution in [0.15, 0.2) is 175 Å². The summed E-state index contributed by atoms with van der Waals surface area (Å²) in [5, 5.41) is 9.95. The van der Waals surface area contributed by atoms with E-state index in [0.717, 1.165) is 59.7 Å². The van der Waals surface area contributed by atoms with Gasteiger partial charge in [0.15, 0.2) is 5.58 Å². The lowest BCUT2D eigenvalue weighted by atomic mass is 9.81. The fraction of sp³-hybridized carbons (Fsp3) is 0.217. The molecule has 0 bridgehead atoms. The quantitative estimate of drug-likeness (QED) is 0.130. The van der Waals surface area contributed by atoms with Crippen LogP contribution < -0.4 is 0 Å². The van der Waals surface area contributed by atoms with Gasteiger partial charge in [-0.05, 0) is 110 Å². The Kier molecular flexibility index (Phi) is 9.10. The van der Waals surface area contributed by atoms with Crippen LogP contribution in [-0.2, 0) is 11.1 Å². The van der Waals surface area contributed by atoms with E-state index in [-0.39, 0.29) is 11.1 Å². The van der Waals surface area contributed by atoms with Gasteiger partial charge in [0.05, 0.1) is 28.3 Å². The Bertz CT molecular complexity index is 3750. The van der Waals surface area contributed by atoms with Crippen molar-refractivity contribution in [3.63, 3.8) is 0 Å². The molecular formula is C60H54N4O. The van der Waals surface area contributed by atoms with Crippen LogP contribution in [0.4, 0.5) is 0 Å². The molecule has 5 aromatic heterocycles. The molecule has 3 atom stereocenters. The first-order chi connectivity index (χ1) is 31.9. The Morgan fingerprint density at radius 3 is 1.74 bits per heavy atom. The number of fused-ring (bicyclic) bond motifs is 12. The molecule has 0 spiro atoms. The van der Waals surface area contributed by atoms with Crippen LogP contribution >= 0.6 is 0 Å². The first kappa shape index (κ1) is 39.5. The van der Waals surface area contributed by atoms with E-state index < -0.39 is 0 Å². The summed E-state index contributed by atoms with van der Waals surface area (Å²) in [5.74, 6) is 0.529. The summed E-state index contributed by atoms with van der Waals surface area (Å²) in [5.41, 5.74) is 12.4. The van der Waals surface area contributed by atoms with Crippen LogP contribution in [0.3, 0.4) is 0 Å². The zero-order valence-corrected chi connectivity index (χ0v) is 38.0. The summed E-state index contributed by atoms with van der Waals surface area (Å²) in [6.07, 6.45) is 8.80. The third-order valence-electron chi connectivity index (χ3n) is 15.2. The van der Waals surface area contributed by atoms with Gasteiger partial charge in [0.25, 0.3) is 0 Å². The van der Waals surface area contributed by atoms with E-state index in [0.29, 0.717) is 5.92 Å². The lowest BCUT2D eigenvalue weighted by Crippen LogP contribution is -2.34. The molecular weight excluding hydrogens is 793 g/mol. The van der Waals surface area contributed by atoms with Crippen LogP contribution in [0.1, 0.15) is 77.8 Å². The van der Waals surface area contributed by atoms with Gasteiger partial charge in [-0.25, -0.2) is 0 Å². The molecule has 0 aliphatic heterocycles. The highest BCUT2D eigenvalue weighted by Gasteiger charge is 2.37. The highest BCUT2D eigenvalue weighted by atomic mass is 16.3. The maximum absolute atomic E-state index is 6.35. The van der Waals surface area contributed by atoms with Gasteiger partial charge in [-0.1, -0.05) is 125 Å². The molecule has 0 radical (unpaired) electrons. The number of furan rings is 1. The number of benzene rings is 7.